The summed E-state index contributed by atoms with van der Waals surface area (Å²) in [7, 11) is 2.28. The normalized spacial score (nSPS) is 43.7. The summed E-state index contributed by atoms with van der Waals surface area (Å²) >= 11 is 0. The molecule has 4 aliphatic heterocycles. The SMILES string of the molecule is C[N+]1(CC2CC2)CC[C@]23c4c5cc(-c6cc7c8c(c6O)OC6C(=O)CC[C@@]9(O)[C@@H](C7)N(CC7CC7)CC[C@]869)c(O)c4OC2C(=O)CC[C@@]3(O)[C@H]1C5. The van der Waals surface area contributed by atoms with Gasteiger partial charge in [0.25, 0.3) is 0 Å². The highest BCUT2D eigenvalue weighted by atomic mass is 16.5. The first-order chi connectivity index (χ1) is 24.4. The molecule has 0 aromatic heterocycles. The maximum Gasteiger partial charge on any atom is 0.174 e. The van der Waals surface area contributed by atoms with Crippen LogP contribution in [0.3, 0.4) is 0 Å². The molecular weight excluding hydrogens is 648 g/mol. The predicted octanol–water partition coefficient (Wildman–Crippen LogP) is 3.18. The number of hydrogen-bond acceptors (Lipinski definition) is 9. The summed E-state index contributed by atoms with van der Waals surface area (Å²) in [6.45, 7) is 3.57. The topological polar surface area (TPSA) is 137 Å². The van der Waals surface area contributed by atoms with Crippen molar-refractivity contribution in [2.45, 2.75) is 123 Å². The summed E-state index contributed by atoms with van der Waals surface area (Å²) in [6, 6.07) is 3.63. The van der Waals surface area contributed by atoms with Gasteiger partial charge in [-0.2, -0.15) is 0 Å². The third-order valence-electron chi connectivity index (χ3n) is 16.4. The summed E-state index contributed by atoms with van der Waals surface area (Å²) < 4.78 is 13.9. The fraction of sp³-hybridized carbons (Fsp3) is 0.659. The number of rotatable bonds is 5. The number of hydrogen-bond donors (Lipinski definition) is 4. The van der Waals surface area contributed by atoms with E-state index in [1.807, 2.05) is 12.1 Å². The van der Waals surface area contributed by atoms with Crippen LogP contribution in [-0.4, -0.2) is 110 Å². The minimum atomic E-state index is -1.14. The molecule has 51 heavy (non-hydrogen) atoms. The Morgan fingerprint density at radius 2 is 1.35 bits per heavy atom. The summed E-state index contributed by atoms with van der Waals surface area (Å²) in [6.07, 6.45) is 6.77. The van der Waals surface area contributed by atoms with Crippen LogP contribution in [0.15, 0.2) is 12.1 Å². The smallest absolute Gasteiger partial charge is 0.174 e. The minimum absolute atomic E-state index is 0.0266. The molecule has 0 radical (unpaired) electrons. The number of piperidine rings is 2. The Kier molecular flexibility index (Phi) is 5.42. The van der Waals surface area contributed by atoms with Crippen LogP contribution in [0, 0.1) is 11.8 Å². The minimum Gasteiger partial charge on any atom is -0.504 e. The van der Waals surface area contributed by atoms with Crippen molar-refractivity contribution < 1.29 is 44.0 Å². The number of likely N-dealkylation sites (N-methyl/N-ethyl adjacent to an activating group) is 1. The van der Waals surface area contributed by atoms with Crippen LogP contribution in [0.1, 0.15) is 86.5 Å². The van der Waals surface area contributed by atoms with Crippen molar-refractivity contribution in [1.29, 1.82) is 0 Å². The number of ether oxygens (including phenoxy) is 2. The van der Waals surface area contributed by atoms with E-state index < -0.39 is 34.2 Å². The maximum atomic E-state index is 13.7. The largest absolute Gasteiger partial charge is 0.504 e. The Labute approximate surface area is 296 Å². The van der Waals surface area contributed by atoms with Gasteiger partial charge in [-0.25, -0.2) is 0 Å². The van der Waals surface area contributed by atoms with Crippen LogP contribution in [0.2, 0.25) is 0 Å². The van der Waals surface area contributed by atoms with Crippen molar-refractivity contribution in [1.82, 2.24) is 4.90 Å². The number of likely N-dealkylation sites (tertiary alicyclic amines) is 2. The third-order valence-corrected chi connectivity index (χ3v) is 16.4. The molecule has 6 aliphatic carbocycles. The molecule has 4 bridgehead atoms. The molecular formula is C41H47N2O8+. The number of aliphatic hydroxyl groups is 2. The van der Waals surface area contributed by atoms with Crippen molar-refractivity contribution in [3.05, 3.63) is 34.4 Å². The van der Waals surface area contributed by atoms with Crippen LogP contribution in [-0.2, 0) is 33.3 Å². The summed E-state index contributed by atoms with van der Waals surface area (Å²) in [5.41, 5.74) is 0.180. The Bertz CT molecular complexity index is 2020. The second kappa shape index (κ2) is 9.12. The van der Waals surface area contributed by atoms with Gasteiger partial charge in [0.2, 0.25) is 0 Å². The lowest BCUT2D eigenvalue weighted by Gasteiger charge is -2.64. The first-order valence-corrected chi connectivity index (χ1v) is 19.6. The average molecular weight is 696 g/mol. The van der Waals surface area contributed by atoms with Crippen molar-refractivity contribution in [3.63, 3.8) is 0 Å². The van der Waals surface area contributed by atoms with Gasteiger partial charge in [-0.1, -0.05) is 0 Å². The third kappa shape index (κ3) is 3.30. The van der Waals surface area contributed by atoms with E-state index in [1.165, 1.54) is 25.7 Å². The molecule has 10 heteroatoms. The molecule has 10 aliphatic rings. The Hall–Kier alpha value is -3.18. The zero-order valence-corrected chi connectivity index (χ0v) is 29.2. The van der Waals surface area contributed by atoms with Gasteiger partial charge in [0, 0.05) is 66.4 Å². The molecule has 2 spiro atoms. The van der Waals surface area contributed by atoms with E-state index in [0.29, 0.717) is 61.5 Å². The quantitative estimate of drug-likeness (QED) is 0.348. The number of carbonyl (C=O) groups excluding carboxylic acids is 2. The van der Waals surface area contributed by atoms with Crippen LogP contribution in [0.5, 0.6) is 23.0 Å². The van der Waals surface area contributed by atoms with E-state index in [-0.39, 0.29) is 59.5 Å². The molecule has 9 atom stereocenters. The van der Waals surface area contributed by atoms with Gasteiger partial charge in [-0.05, 0) is 87.1 Å². The van der Waals surface area contributed by atoms with Crippen LogP contribution in [0.4, 0.5) is 0 Å². The molecule has 3 unspecified atom stereocenters. The van der Waals surface area contributed by atoms with Gasteiger partial charge in [0.1, 0.15) is 11.6 Å². The molecule has 268 valence electrons. The summed E-state index contributed by atoms with van der Waals surface area (Å²) in [4.78, 5) is 29.8. The number of quaternary nitrogens is 1. The first-order valence-electron chi connectivity index (χ1n) is 19.6. The zero-order valence-electron chi connectivity index (χ0n) is 29.2. The fourth-order valence-electron chi connectivity index (χ4n) is 13.8. The number of ketones is 2. The van der Waals surface area contributed by atoms with Crippen LogP contribution >= 0.6 is 0 Å². The average Bonchev–Trinajstić information content (AvgIpc) is 4.02. The highest BCUT2D eigenvalue weighted by Gasteiger charge is 2.77. The zero-order chi connectivity index (χ0) is 34.6. The maximum absolute atomic E-state index is 13.7. The van der Waals surface area contributed by atoms with Gasteiger partial charge in [-0.15, -0.1) is 0 Å². The second-order valence-corrected chi connectivity index (χ2v) is 18.7. The lowest BCUT2D eigenvalue weighted by Crippen LogP contribution is -2.80. The molecule has 2 aromatic carbocycles. The van der Waals surface area contributed by atoms with E-state index in [4.69, 9.17) is 9.47 Å². The van der Waals surface area contributed by atoms with Crippen molar-refractivity contribution in [3.8, 4) is 34.1 Å². The first kappa shape index (κ1) is 30.3. The fourth-order valence-corrected chi connectivity index (χ4v) is 13.8. The molecule has 6 fully saturated rings. The number of nitrogens with zero attached hydrogens (tertiary/aromatic N) is 2. The number of carbonyl (C=O) groups is 2. The van der Waals surface area contributed by atoms with Gasteiger partial charge in [0.15, 0.2) is 46.8 Å². The highest BCUT2D eigenvalue weighted by molar-refractivity contribution is 5.94. The Morgan fingerprint density at radius 3 is 1.96 bits per heavy atom. The molecule has 4 N–H and O–H groups in total. The predicted molar refractivity (Wildman–Crippen MR) is 183 cm³/mol. The number of benzene rings is 2. The van der Waals surface area contributed by atoms with E-state index in [2.05, 4.69) is 11.9 Å². The number of phenolic OH excluding ortho intramolecular Hbond substituents is 2. The summed E-state index contributed by atoms with van der Waals surface area (Å²) in [5.74, 6) is 1.49. The van der Waals surface area contributed by atoms with Crippen LogP contribution < -0.4 is 9.47 Å². The molecule has 4 heterocycles. The molecule has 12 rings (SSSR count). The van der Waals surface area contributed by atoms with Gasteiger partial charge >= 0.3 is 0 Å². The Balaban J connectivity index is 1.05. The van der Waals surface area contributed by atoms with E-state index >= 15 is 0 Å². The molecule has 0 amide bonds. The standard InChI is InChI=1S/C41H46N2O8/c1-43(19-21-4-5-21)13-11-39-31-23-15-25(33(47)35(31)51-37(39)27(45)7-9-41(39,49)29(43)17-23)24-14-22-16-28-40(48)8-6-26(44)36-38(40,30(22)34(50-36)32(24)46)10-12-42(28)18-20-2-3-20/h14-15,20-21,28-29,36-37,48-49H,2-13,16-19H2,1H3,(H-,46,47)/p+1/t28-,29-,36?,37?,38+,39+,40-,41-,43?/m1/s1. The monoisotopic (exact) mass is 695 g/mol. The number of Topliss-reactive ketones (excluding diaryl/α,β-unsaturated/α-hetero) is 2. The number of aromatic hydroxyl groups is 2. The van der Waals surface area contributed by atoms with Gasteiger partial charge < -0.3 is 34.4 Å². The lowest BCUT2D eigenvalue weighted by molar-refractivity contribution is -0.950. The van der Waals surface area contributed by atoms with Crippen LogP contribution in [0.25, 0.3) is 11.1 Å². The van der Waals surface area contributed by atoms with E-state index in [9.17, 15) is 30.0 Å². The Morgan fingerprint density at radius 1 is 0.784 bits per heavy atom. The highest BCUT2D eigenvalue weighted by Crippen LogP contribution is 2.69. The van der Waals surface area contributed by atoms with E-state index in [1.54, 1.807) is 0 Å². The summed E-state index contributed by atoms with van der Waals surface area (Å²) in [5, 5.41) is 50.0. The molecule has 2 saturated heterocycles. The van der Waals surface area contributed by atoms with Crippen molar-refractivity contribution in [2.24, 2.45) is 11.8 Å². The van der Waals surface area contributed by atoms with Gasteiger partial charge in [0.05, 0.1) is 36.6 Å². The molecule has 10 nitrogen and oxygen atoms in total. The van der Waals surface area contributed by atoms with Gasteiger partial charge in [-0.3, -0.25) is 14.5 Å². The van der Waals surface area contributed by atoms with Crippen molar-refractivity contribution in [2.75, 3.05) is 33.2 Å². The van der Waals surface area contributed by atoms with Crippen molar-refractivity contribution >= 4 is 11.6 Å². The second-order valence-electron chi connectivity index (χ2n) is 18.7. The molecule has 2 aromatic rings. The van der Waals surface area contributed by atoms with E-state index in [0.717, 1.165) is 52.9 Å². The lowest BCUT2D eigenvalue weighted by atomic mass is 9.48. The molecule has 4 saturated carbocycles. The number of phenols is 2.